The van der Waals surface area contributed by atoms with Crippen molar-refractivity contribution in [3.8, 4) is 5.69 Å². The van der Waals surface area contributed by atoms with Gasteiger partial charge in [0.2, 0.25) is 0 Å². The van der Waals surface area contributed by atoms with Crippen LogP contribution in [0.4, 0.5) is 14.5 Å². The van der Waals surface area contributed by atoms with Gasteiger partial charge in [-0.05, 0) is 0 Å². The van der Waals surface area contributed by atoms with Crippen LogP contribution in [-0.4, -0.2) is 62.2 Å². The summed E-state index contributed by atoms with van der Waals surface area (Å²) in [5.41, 5.74) is 0.963. The van der Waals surface area contributed by atoms with E-state index in [0.717, 1.165) is 0 Å². The second kappa shape index (κ2) is 9.75. The maximum absolute atomic E-state index is 13.1. The number of hydrogen-bond acceptors (Lipinski definition) is 6. The normalized spacial score (nSPS) is 19.0. The average Bonchev–Trinajstić information content (AvgIpc) is 3.13. The van der Waals surface area contributed by atoms with Crippen LogP contribution in [0.2, 0.25) is 5.15 Å². The summed E-state index contributed by atoms with van der Waals surface area (Å²) in [5.74, 6) is -4.62. The van der Waals surface area contributed by atoms with Crippen LogP contribution in [0.1, 0.15) is 6.42 Å². The van der Waals surface area contributed by atoms with Crippen molar-refractivity contribution in [2.75, 3.05) is 30.6 Å². The van der Waals surface area contributed by atoms with E-state index in [1.807, 2.05) is 0 Å². The zero-order valence-corrected chi connectivity index (χ0v) is 19.7. The van der Waals surface area contributed by atoms with Gasteiger partial charge >= 0.3 is 191 Å². The molecule has 2 unspecified atom stereocenters. The number of rotatable bonds is 9. The van der Waals surface area contributed by atoms with Gasteiger partial charge in [-0.2, -0.15) is 0 Å². The third kappa shape index (κ3) is 5.59. The summed E-state index contributed by atoms with van der Waals surface area (Å²) < 4.78 is 49.1. The van der Waals surface area contributed by atoms with E-state index in [-0.39, 0.29) is 28.8 Å². The topological polar surface area (TPSA) is 89.7 Å². The molecule has 2 heterocycles. The van der Waals surface area contributed by atoms with Crippen molar-refractivity contribution in [1.82, 2.24) is 14.8 Å². The van der Waals surface area contributed by atoms with Crippen LogP contribution in [0.15, 0.2) is 33.9 Å². The number of anilines is 1. The van der Waals surface area contributed by atoms with Gasteiger partial charge in [0, 0.05) is 0 Å². The van der Waals surface area contributed by atoms with E-state index in [1.54, 1.807) is 30.7 Å². The summed E-state index contributed by atoms with van der Waals surface area (Å²) in [6, 6.07) is 3.51. The van der Waals surface area contributed by atoms with Gasteiger partial charge < -0.3 is 0 Å². The van der Waals surface area contributed by atoms with Gasteiger partial charge in [0.1, 0.15) is 0 Å². The monoisotopic (exact) mass is 572 g/mol. The molecule has 0 aliphatic heterocycles. The van der Waals surface area contributed by atoms with Crippen LogP contribution >= 0.6 is 11.6 Å². The average molecular weight is 573 g/mol. The molecule has 0 spiro atoms. The predicted molar refractivity (Wildman–Crippen MR) is 105 cm³/mol. The van der Waals surface area contributed by atoms with Crippen molar-refractivity contribution in [2.24, 2.45) is 9.12 Å². The molecule has 2 atom stereocenters. The quantitative estimate of drug-likeness (QED) is 0.293. The fraction of sp³-hybridized carbons (Fsp3) is 0.412. The molecule has 2 aromatic heterocycles. The van der Waals surface area contributed by atoms with Gasteiger partial charge in [-0.15, -0.1) is 0 Å². The van der Waals surface area contributed by atoms with Gasteiger partial charge in [-0.1, -0.05) is 0 Å². The first-order chi connectivity index (χ1) is 14.2. The van der Waals surface area contributed by atoms with E-state index in [2.05, 4.69) is 13.3 Å². The van der Waals surface area contributed by atoms with Crippen LogP contribution in [-0.2, 0) is 18.7 Å². The molecule has 30 heavy (non-hydrogen) atoms. The van der Waals surface area contributed by atoms with E-state index in [0.29, 0.717) is 11.4 Å². The fourth-order valence-electron chi connectivity index (χ4n) is 2.58. The first kappa shape index (κ1) is 23.2. The minimum atomic E-state index is -2.76. The summed E-state index contributed by atoms with van der Waals surface area (Å²) in [6.45, 7) is 0. The first-order valence-corrected chi connectivity index (χ1v) is 12.3. The molecule has 0 bridgehead atoms. The van der Waals surface area contributed by atoms with E-state index in [9.17, 15) is 17.8 Å². The maximum atomic E-state index is 13.1. The second-order valence-electron chi connectivity index (χ2n) is 6.49. The second-order valence-corrected chi connectivity index (χ2v) is 10.1. The number of amides is 1. The number of halogens is 4. The van der Waals surface area contributed by atoms with E-state index >= 15 is 0 Å². The Morgan fingerprint density at radius 3 is 2.90 bits per heavy atom. The van der Waals surface area contributed by atoms with Gasteiger partial charge in [0.25, 0.3) is 0 Å². The van der Waals surface area contributed by atoms with Crippen molar-refractivity contribution in [3.05, 3.63) is 35.9 Å². The van der Waals surface area contributed by atoms with Crippen LogP contribution in [0.5, 0.6) is 0 Å². The molecule has 0 saturated heterocycles. The van der Waals surface area contributed by atoms with Crippen LogP contribution in [0.3, 0.4) is 0 Å². The van der Waals surface area contributed by atoms with Gasteiger partial charge in [0.15, 0.2) is 0 Å². The molecule has 8 nitrogen and oxygen atoms in total. The van der Waals surface area contributed by atoms with E-state index in [1.165, 1.54) is 23.7 Å². The Hall–Kier alpha value is -1.51. The van der Waals surface area contributed by atoms with Crippen molar-refractivity contribution in [3.63, 3.8) is 0 Å². The molecule has 1 aliphatic carbocycles. The summed E-state index contributed by atoms with van der Waals surface area (Å²) in [7, 11) is 1.28. The molecule has 13 heteroatoms. The number of alkyl halides is 2. The summed E-state index contributed by atoms with van der Waals surface area (Å²) >= 11 is 5.07. The molecule has 0 aromatic carbocycles. The van der Waals surface area contributed by atoms with Crippen molar-refractivity contribution in [1.29, 1.82) is 0 Å². The Labute approximate surface area is 190 Å². The molecule has 1 saturated carbocycles. The Morgan fingerprint density at radius 1 is 1.57 bits per heavy atom. The third-order valence-electron chi connectivity index (χ3n) is 4.32. The van der Waals surface area contributed by atoms with Crippen molar-refractivity contribution < 1.29 is 42.7 Å². The Balaban J connectivity index is 1.75. The molecular weight excluding hydrogens is 555 g/mol. The molecule has 0 radical (unpaired) electrons. The molecule has 3 rings (SSSR count). The number of carbonyl (C=O) groups excluding carboxylic acids is 1. The first-order valence-electron chi connectivity index (χ1n) is 8.63. The summed E-state index contributed by atoms with van der Waals surface area (Å²) in [6.07, 6.45) is 4.49. The Bertz CT molecular complexity index is 976. The molecular formula is C17H18ClF2IN5O3S-. The molecule has 1 fully saturated rings. The molecule has 2 aromatic rings. The number of nitrogens with zero attached hydrogens (tertiary/aromatic N) is 5. The zero-order chi connectivity index (χ0) is 21.9. The van der Waals surface area contributed by atoms with Crippen LogP contribution in [0.25, 0.3) is 5.69 Å². The molecule has 1 amide bonds. The zero-order valence-electron chi connectivity index (χ0n) is 16.0. The standard InChI is InChI=1S/C17H18ClF2IN5O3S/c1-25(14-8-26(24-15(14)18)12-4-3-5-22-7-12)16(27)13(23-21-29-2)10-30(28)9-11-6-17(11,19)20/h3-5,7-8,11H,6,9-10H2,1-2H3/q-1. The van der Waals surface area contributed by atoms with Crippen LogP contribution < -0.4 is 26.8 Å². The Morgan fingerprint density at radius 2 is 2.30 bits per heavy atom. The minimum absolute atomic E-state index is 0.000330. The number of carbonyl (C=O) groups is 1. The fourth-order valence-corrected chi connectivity index (χ4v) is 5.30. The van der Waals surface area contributed by atoms with E-state index in [4.69, 9.17) is 14.7 Å². The molecule has 0 N–H and O–H groups in total. The number of aromatic nitrogens is 3. The van der Waals surface area contributed by atoms with E-state index < -0.39 is 50.4 Å². The van der Waals surface area contributed by atoms with Gasteiger partial charge in [-0.3, -0.25) is 0 Å². The summed E-state index contributed by atoms with van der Waals surface area (Å²) in [4.78, 5) is 18.2. The predicted octanol–water partition coefficient (Wildman–Crippen LogP) is -0.706. The molecule has 164 valence electrons. The summed E-state index contributed by atoms with van der Waals surface area (Å²) in [5, 5.41) is 4.26. The van der Waals surface area contributed by atoms with Gasteiger partial charge in [0.05, 0.1) is 0 Å². The number of hydrogen-bond donors (Lipinski definition) is 0. The van der Waals surface area contributed by atoms with Crippen molar-refractivity contribution in [2.45, 2.75) is 12.3 Å². The van der Waals surface area contributed by atoms with Crippen molar-refractivity contribution >= 4 is 39.7 Å². The van der Waals surface area contributed by atoms with Gasteiger partial charge in [-0.25, -0.2) is 0 Å². The van der Waals surface area contributed by atoms with Crippen LogP contribution in [0, 0.1) is 5.92 Å². The third-order valence-corrected chi connectivity index (χ3v) is 7.13. The molecule has 1 aliphatic rings. The number of pyridine rings is 1. The Kier molecular flexibility index (Phi) is 7.52. The SMILES string of the molecule is CO[I-]N=C(CS(=O)CC1CC1(F)F)C(=O)N(C)c1cn(-c2cccnc2)nc1Cl.